The summed E-state index contributed by atoms with van der Waals surface area (Å²) in [7, 11) is 0. The highest BCUT2D eigenvalue weighted by Crippen LogP contribution is 2.28. The molecule has 1 aromatic heterocycles. The largest absolute Gasteiger partial charge is 0.508 e. The molecule has 0 atom stereocenters. The van der Waals surface area contributed by atoms with Crippen molar-refractivity contribution >= 4 is 11.4 Å². The fourth-order valence-electron chi connectivity index (χ4n) is 1.79. The van der Waals surface area contributed by atoms with Crippen molar-refractivity contribution in [3.8, 4) is 5.75 Å². The van der Waals surface area contributed by atoms with Crippen LogP contribution >= 0.6 is 0 Å². The molecule has 0 saturated carbocycles. The smallest absolute Gasteiger partial charge is 0.296 e. The minimum absolute atomic E-state index is 0.129. The lowest BCUT2D eigenvalue weighted by atomic mass is 10.2. The first-order chi connectivity index (χ1) is 9.11. The monoisotopic (exact) mass is 262 g/mol. The summed E-state index contributed by atoms with van der Waals surface area (Å²) in [6.45, 7) is 3.21. The zero-order chi connectivity index (χ0) is 13.8. The van der Waals surface area contributed by atoms with Crippen LogP contribution in [-0.4, -0.2) is 19.6 Å². The molecule has 0 fully saturated rings. The number of hydrogen-bond acceptors (Lipinski definition) is 5. The van der Waals surface area contributed by atoms with Gasteiger partial charge in [0, 0.05) is 12.7 Å². The van der Waals surface area contributed by atoms with Gasteiger partial charge < -0.3 is 15.0 Å². The van der Waals surface area contributed by atoms with Crippen molar-refractivity contribution in [3.05, 3.63) is 46.5 Å². The minimum atomic E-state index is -0.529. The molecule has 7 heteroatoms. The Labute approximate surface area is 109 Å². The predicted octanol–water partition coefficient (Wildman–Crippen LogP) is 2.13. The van der Waals surface area contributed by atoms with Crippen LogP contribution in [0, 0.1) is 10.1 Å². The number of nitrogens with one attached hydrogen (secondary N) is 1. The number of nitrogens with zero attached hydrogens (tertiary/aromatic N) is 3. The van der Waals surface area contributed by atoms with E-state index in [1.807, 2.05) is 11.5 Å². The maximum atomic E-state index is 10.9. The van der Waals surface area contributed by atoms with E-state index in [0.29, 0.717) is 12.2 Å². The number of nitro benzene ring substituents is 1. The Hall–Kier alpha value is -2.57. The number of anilines is 1. The van der Waals surface area contributed by atoms with Crippen LogP contribution in [0.3, 0.4) is 0 Å². The van der Waals surface area contributed by atoms with Crippen LogP contribution in [0.5, 0.6) is 5.75 Å². The lowest BCUT2D eigenvalue weighted by Crippen LogP contribution is -2.07. The standard InChI is InChI=1S/C12H14N4O3/c1-2-15-8-13-6-9(15)7-14-11-4-3-10(17)5-12(11)16(18)19/h3-6,8,14,17H,2,7H2,1H3. The molecule has 2 rings (SSSR count). The van der Waals surface area contributed by atoms with E-state index in [9.17, 15) is 15.2 Å². The van der Waals surface area contributed by atoms with Gasteiger partial charge in [0.2, 0.25) is 0 Å². The van der Waals surface area contributed by atoms with Gasteiger partial charge in [-0.1, -0.05) is 0 Å². The molecule has 0 bridgehead atoms. The molecule has 0 radical (unpaired) electrons. The third-order valence-corrected chi connectivity index (χ3v) is 2.78. The number of aryl methyl sites for hydroxylation is 1. The number of phenolic OH excluding ortho intramolecular Hbond substituents is 1. The lowest BCUT2D eigenvalue weighted by Gasteiger charge is -2.09. The van der Waals surface area contributed by atoms with E-state index in [4.69, 9.17) is 0 Å². The van der Waals surface area contributed by atoms with Crippen molar-refractivity contribution in [2.45, 2.75) is 20.0 Å². The molecule has 100 valence electrons. The van der Waals surface area contributed by atoms with E-state index in [2.05, 4.69) is 10.3 Å². The van der Waals surface area contributed by atoms with E-state index < -0.39 is 4.92 Å². The molecule has 2 aromatic rings. The Balaban J connectivity index is 2.18. The van der Waals surface area contributed by atoms with Crippen LogP contribution in [0.15, 0.2) is 30.7 Å². The Bertz CT molecular complexity index is 594. The van der Waals surface area contributed by atoms with Crippen molar-refractivity contribution < 1.29 is 10.0 Å². The molecule has 19 heavy (non-hydrogen) atoms. The fourth-order valence-corrected chi connectivity index (χ4v) is 1.79. The zero-order valence-corrected chi connectivity index (χ0v) is 10.4. The van der Waals surface area contributed by atoms with Crippen LogP contribution in [0.25, 0.3) is 0 Å². The molecule has 0 aliphatic carbocycles. The zero-order valence-electron chi connectivity index (χ0n) is 10.4. The van der Waals surface area contributed by atoms with E-state index in [1.165, 1.54) is 12.1 Å². The molecule has 7 nitrogen and oxygen atoms in total. The highest BCUT2D eigenvalue weighted by molar-refractivity contribution is 5.63. The molecule has 0 saturated heterocycles. The summed E-state index contributed by atoms with van der Waals surface area (Å²) in [5.74, 6) is -0.129. The van der Waals surface area contributed by atoms with Gasteiger partial charge in [-0.2, -0.15) is 0 Å². The molecule has 0 aliphatic heterocycles. The van der Waals surface area contributed by atoms with Gasteiger partial charge in [-0.15, -0.1) is 0 Å². The third-order valence-electron chi connectivity index (χ3n) is 2.78. The molecule has 0 amide bonds. The molecular weight excluding hydrogens is 248 g/mol. The molecule has 0 aliphatic rings. The summed E-state index contributed by atoms with van der Waals surface area (Å²) in [5.41, 5.74) is 1.15. The number of aromatic hydroxyl groups is 1. The third kappa shape index (κ3) is 2.82. The topological polar surface area (TPSA) is 93.2 Å². The number of aromatic nitrogens is 2. The number of nitro groups is 1. The van der Waals surface area contributed by atoms with E-state index >= 15 is 0 Å². The first-order valence-electron chi connectivity index (χ1n) is 5.82. The highest BCUT2D eigenvalue weighted by atomic mass is 16.6. The van der Waals surface area contributed by atoms with Gasteiger partial charge in [-0.3, -0.25) is 10.1 Å². The Morgan fingerprint density at radius 2 is 2.32 bits per heavy atom. The second-order valence-corrected chi connectivity index (χ2v) is 3.98. The molecule has 0 unspecified atom stereocenters. The van der Waals surface area contributed by atoms with Gasteiger partial charge in [-0.05, 0) is 19.1 Å². The van der Waals surface area contributed by atoms with Gasteiger partial charge in [0.25, 0.3) is 5.69 Å². The summed E-state index contributed by atoms with van der Waals surface area (Å²) in [6, 6.07) is 4.02. The summed E-state index contributed by atoms with van der Waals surface area (Å²) in [5, 5.41) is 23.2. The molecule has 1 aromatic carbocycles. The Morgan fingerprint density at radius 3 is 3.00 bits per heavy atom. The number of benzene rings is 1. The average molecular weight is 262 g/mol. The summed E-state index contributed by atoms with van der Waals surface area (Å²) in [6.07, 6.45) is 3.42. The fraction of sp³-hybridized carbons (Fsp3) is 0.250. The second-order valence-electron chi connectivity index (χ2n) is 3.98. The molecule has 1 heterocycles. The van der Waals surface area contributed by atoms with Gasteiger partial charge in [0.05, 0.1) is 29.6 Å². The summed E-state index contributed by atoms with van der Waals surface area (Å²) < 4.78 is 1.94. The first-order valence-corrected chi connectivity index (χ1v) is 5.82. The number of hydrogen-bond donors (Lipinski definition) is 2. The maximum absolute atomic E-state index is 10.9. The quantitative estimate of drug-likeness (QED) is 0.489. The number of phenols is 1. The highest BCUT2D eigenvalue weighted by Gasteiger charge is 2.14. The van der Waals surface area contributed by atoms with E-state index in [-0.39, 0.29) is 11.4 Å². The van der Waals surface area contributed by atoms with Crippen molar-refractivity contribution in [1.82, 2.24) is 9.55 Å². The predicted molar refractivity (Wildman–Crippen MR) is 70.0 cm³/mol. The SMILES string of the molecule is CCn1cncc1CNc1ccc(O)cc1[N+](=O)[O-]. The van der Waals surface area contributed by atoms with Crippen molar-refractivity contribution in [2.75, 3.05) is 5.32 Å². The van der Waals surface area contributed by atoms with E-state index in [1.54, 1.807) is 12.5 Å². The van der Waals surface area contributed by atoms with Gasteiger partial charge in [0.15, 0.2) is 0 Å². The molecular formula is C12H14N4O3. The summed E-state index contributed by atoms with van der Waals surface area (Å²) in [4.78, 5) is 14.4. The van der Waals surface area contributed by atoms with Crippen LogP contribution in [-0.2, 0) is 13.1 Å². The van der Waals surface area contributed by atoms with Gasteiger partial charge in [0.1, 0.15) is 11.4 Å². The Kier molecular flexibility index (Phi) is 3.65. The minimum Gasteiger partial charge on any atom is -0.508 e. The van der Waals surface area contributed by atoms with Crippen LogP contribution in [0.1, 0.15) is 12.6 Å². The van der Waals surface area contributed by atoms with Gasteiger partial charge in [-0.25, -0.2) is 4.98 Å². The average Bonchev–Trinajstić information content (AvgIpc) is 2.84. The van der Waals surface area contributed by atoms with Crippen LogP contribution in [0.4, 0.5) is 11.4 Å². The first kappa shape index (κ1) is 12.9. The number of imidazole rings is 1. The normalized spacial score (nSPS) is 10.4. The molecule has 2 N–H and O–H groups in total. The van der Waals surface area contributed by atoms with Gasteiger partial charge >= 0.3 is 0 Å². The maximum Gasteiger partial charge on any atom is 0.296 e. The molecule has 0 spiro atoms. The number of rotatable bonds is 5. The van der Waals surface area contributed by atoms with Crippen molar-refractivity contribution in [1.29, 1.82) is 0 Å². The Morgan fingerprint density at radius 1 is 1.53 bits per heavy atom. The van der Waals surface area contributed by atoms with Crippen LogP contribution < -0.4 is 5.32 Å². The lowest BCUT2D eigenvalue weighted by molar-refractivity contribution is -0.384. The van der Waals surface area contributed by atoms with E-state index in [0.717, 1.165) is 18.3 Å². The van der Waals surface area contributed by atoms with Crippen molar-refractivity contribution in [3.63, 3.8) is 0 Å². The van der Waals surface area contributed by atoms with Crippen molar-refractivity contribution in [2.24, 2.45) is 0 Å². The summed E-state index contributed by atoms with van der Waals surface area (Å²) >= 11 is 0. The second kappa shape index (κ2) is 5.38. The van der Waals surface area contributed by atoms with Crippen LogP contribution in [0.2, 0.25) is 0 Å².